The third-order valence-electron chi connectivity index (χ3n) is 3.88. The molecule has 1 aliphatic carbocycles. The smallest absolute Gasteiger partial charge is 0.242 e. The second kappa shape index (κ2) is 5.96. The Morgan fingerprint density at radius 1 is 1.30 bits per heavy atom. The van der Waals surface area contributed by atoms with Crippen molar-refractivity contribution >= 4 is 5.91 Å². The van der Waals surface area contributed by atoms with E-state index in [2.05, 4.69) is 36.5 Å². The van der Waals surface area contributed by atoms with Crippen LogP contribution in [0.1, 0.15) is 44.7 Å². The van der Waals surface area contributed by atoms with Crippen molar-refractivity contribution in [2.45, 2.75) is 58.7 Å². The van der Waals surface area contributed by atoms with Crippen molar-refractivity contribution in [1.29, 1.82) is 0 Å². The normalized spacial score (nSPS) is 15.2. The lowest BCUT2D eigenvalue weighted by molar-refractivity contribution is -0.138. The third kappa shape index (κ3) is 3.60. The van der Waals surface area contributed by atoms with Crippen molar-refractivity contribution in [2.24, 2.45) is 0 Å². The summed E-state index contributed by atoms with van der Waals surface area (Å²) in [6.07, 6.45) is 2.28. The highest BCUT2D eigenvalue weighted by Crippen LogP contribution is 2.30. The first-order valence-electron chi connectivity index (χ1n) is 7.55. The second-order valence-corrected chi connectivity index (χ2v) is 6.31. The van der Waals surface area contributed by atoms with Crippen molar-refractivity contribution in [3.8, 4) is 0 Å². The van der Waals surface area contributed by atoms with Crippen LogP contribution in [0.2, 0.25) is 0 Å². The van der Waals surface area contributed by atoms with Gasteiger partial charge in [0.25, 0.3) is 0 Å². The number of hydrogen-bond donors (Lipinski definition) is 1. The summed E-state index contributed by atoms with van der Waals surface area (Å²) >= 11 is 0. The van der Waals surface area contributed by atoms with Gasteiger partial charge in [-0.25, -0.2) is 0 Å². The molecule has 0 saturated heterocycles. The fourth-order valence-electron chi connectivity index (χ4n) is 2.52. The molecule has 3 nitrogen and oxygen atoms in total. The minimum Gasteiger partial charge on any atom is -0.334 e. The molecule has 1 N–H and O–H groups in total. The minimum absolute atomic E-state index is 0.211. The highest BCUT2D eigenvalue weighted by molar-refractivity contribution is 5.86. The van der Waals surface area contributed by atoms with E-state index in [1.807, 2.05) is 25.7 Å². The fourth-order valence-corrected chi connectivity index (χ4v) is 2.52. The molecule has 0 aromatic heterocycles. The molecule has 20 heavy (non-hydrogen) atoms. The number of nitrogens with one attached hydrogen (secondary N) is 1. The molecule has 1 aromatic rings. The molecular formula is C17H26N2O. The lowest BCUT2D eigenvalue weighted by Crippen LogP contribution is -2.54. The van der Waals surface area contributed by atoms with Gasteiger partial charge in [-0.05, 0) is 45.7 Å². The molecule has 1 aromatic carbocycles. The topological polar surface area (TPSA) is 32.3 Å². The number of nitrogens with zero attached hydrogens (tertiary/aromatic N) is 1. The van der Waals surface area contributed by atoms with Gasteiger partial charge in [0, 0.05) is 12.6 Å². The molecule has 0 aliphatic heterocycles. The maximum atomic E-state index is 12.8. The van der Waals surface area contributed by atoms with Crippen LogP contribution in [-0.4, -0.2) is 28.9 Å². The van der Waals surface area contributed by atoms with E-state index in [4.69, 9.17) is 0 Å². The molecule has 2 rings (SSSR count). The van der Waals surface area contributed by atoms with Crippen LogP contribution in [0, 0.1) is 6.92 Å². The monoisotopic (exact) mass is 274 g/mol. The van der Waals surface area contributed by atoms with Crippen molar-refractivity contribution < 1.29 is 4.79 Å². The van der Waals surface area contributed by atoms with Gasteiger partial charge >= 0.3 is 0 Å². The van der Waals surface area contributed by atoms with E-state index in [0.717, 1.165) is 25.9 Å². The molecule has 110 valence electrons. The third-order valence-corrected chi connectivity index (χ3v) is 3.88. The quantitative estimate of drug-likeness (QED) is 0.865. The SMILES string of the molecule is CCNC(C)(C)C(=O)N(Cc1ccc(C)cc1)C1CC1. The summed E-state index contributed by atoms with van der Waals surface area (Å²) < 4.78 is 0. The first kappa shape index (κ1) is 15.0. The van der Waals surface area contributed by atoms with E-state index in [1.54, 1.807) is 0 Å². The standard InChI is InChI=1S/C17H26N2O/c1-5-18-17(3,4)16(20)19(15-10-11-15)12-14-8-6-13(2)7-9-14/h6-9,15,18H,5,10-12H2,1-4H3. The van der Waals surface area contributed by atoms with Gasteiger partial charge < -0.3 is 10.2 Å². The Morgan fingerprint density at radius 3 is 2.40 bits per heavy atom. The van der Waals surface area contributed by atoms with Gasteiger partial charge in [0.2, 0.25) is 5.91 Å². The Labute approximate surface area is 122 Å². The maximum absolute atomic E-state index is 12.8. The van der Waals surface area contributed by atoms with Gasteiger partial charge in [0.1, 0.15) is 0 Å². The Morgan fingerprint density at radius 2 is 1.90 bits per heavy atom. The zero-order valence-electron chi connectivity index (χ0n) is 13.1. The largest absolute Gasteiger partial charge is 0.334 e. The number of rotatable bonds is 6. The van der Waals surface area contributed by atoms with E-state index >= 15 is 0 Å². The van der Waals surface area contributed by atoms with Gasteiger partial charge in [-0.15, -0.1) is 0 Å². The lowest BCUT2D eigenvalue weighted by Gasteiger charge is -2.33. The molecule has 1 saturated carbocycles. The van der Waals surface area contributed by atoms with E-state index in [9.17, 15) is 4.79 Å². The Hall–Kier alpha value is -1.35. The molecule has 3 heteroatoms. The van der Waals surface area contributed by atoms with Crippen LogP contribution in [-0.2, 0) is 11.3 Å². The Bertz CT molecular complexity index is 460. The number of aryl methyl sites for hydroxylation is 1. The molecule has 1 fully saturated rings. The highest BCUT2D eigenvalue weighted by atomic mass is 16.2. The average Bonchev–Trinajstić information content (AvgIpc) is 3.21. The molecule has 0 heterocycles. The number of benzene rings is 1. The molecule has 1 aliphatic rings. The predicted molar refractivity (Wildman–Crippen MR) is 82.5 cm³/mol. The Kier molecular flexibility index (Phi) is 4.48. The van der Waals surface area contributed by atoms with Gasteiger partial charge in [-0.2, -0.15) is 0 Å². The zero-order chi connectivity index (χ0) is 14.8. The van der Waals surface area contributed by atoms with Crippen LogP contribution < -0.4 is 5.32 Å². The summed E-state index contributed by atoms with van der Waals surface area (Å²) in [6.45, 7) is 9.60. The van der Waals surface area contributed by atoms with E-state index < -0.39 is 5.54 Å². The van der Waals surface area contributed by atoms with Crippen molar-refractivity contribution in [3.63, 3.8) is 0 Å². The molecule has 0 atom stereocenters. The van der Waals surface area contributed by atoms with Crippen molar-refractivity contribution in [1.82, 2.24) is 10.2 Å². The van der Waals surface area contributed by atoms with Gasteiger partial charge in [0.05, 0.1) is 5.54 Å². The van der Waals surface area contributed by atoms with E-state index in [1.165, 1.54) is 11.1 Å². The summed E-state index contributed by atoms with van der Waals surface area (Å²) in [5, 5.41) is 3.29. The zero-order valence-corrected chi connectivity index (χ0v) is 13.1. The predicted octanol–water partition coefficient (Wildman–Crippen LogP) is 2.87. The summed E-state index contributed by atoms with van der Waals surface area (Å²) in [7, 11) is 0. The molecule has 0 spiro atoms. The summed E-state index contributed by atoms with van der Waals surface area (Å²) in [5.74, 6) is 0.211. The lowest BCUT2D eigenvalue weighted by atomic mass is 10.0. The van der Waals surface area contributed by atoms with Gasteiger partial charge in [0.15, 0.2) is 0 Å². The molecule has 1 amide bonds. The first-order valence-corrected chi connectivity index (χ1v) is 7.55. The van der Waals surface area contributed by atoms with Gasteiger partial charge in [-0.1, -0.05) is 36.8 Å². The van der Waals surface area contributed by atoms with Crippen molar-refractivity contribution in [3.05, 3.63) is 35.4 Å². The van der Waals surface area contributed by atoms with Crippen LogP contribution >= 0.6 is 0 Å². The highest BCUT2D eigenvalue weighted by Gasteiger charge is 2.39. The van der Waals surface area contributed by atoms with Crippen LogP contribution in [0.4, 0.5) is 0 Å². The summed E-state index contributed by atoms with van der Waals surface area (Å²) in [5.41, 5.74) is 1.98. The van der Waals surface area contributed by atoms with E-state index in [-0.39, 0.29) is 5.91 Å². The average molecular weight is 274 g/mol. The number of carbonyl (C=O) groups is 1. The fraction of sp³-hybridized carbons (Fsp3) is 0.588. The van der Waals surface area contributed by atoms with Gasteiger partial charge in [-0.3, -0.25) is 4.79 Å². The summed E-state index contributed by atoms with van der Waals surface area (Å²) in [6, 6.07) is 8.90. The first-order chi connectivity index (χ1) is 9.44. The molecular weight excluding hydrogens is 248 g/mol. The Balaban J connectivity index is 2.11. The minimum atomic E-state index is -0.484. The number of carbonyl (C=O) groups excluding carboxylic acids is 1. The van der Waals surface area contributed by atoms with E-state index in [0.29, 0.717) is 6.04 Å². The van der Waals surface area contributed by atoms with Crippen molar-refractivity contribution in [2.75, 3.05) is 6.54 Å². The number of likely N-dealkylation sites (N-methyl/N-ethyl adjacent to an activating group) is 1. The van der Waals surface area contributed by atoms with Crippen LogP contribution in [0.5, 0.6) is 0 Å². The van der Waals surface area contributed by atoms with Crippen LogP contribution in [0.15, 0.2) is 24.3 Å². The second-order valence-electron chi connectivity index (χ2n) is 6.31. The molecule has 0 radical (unpaired) electrons. The van der Waals surface area contributed by atoms with Crippen LogP contribution in [0.3, 0.4) is 0 Å². The number of hydrogen-bond acceptors (Lipinski definition) is 2. The summed E-state index contributed by atoms with van der Waals surface area (Å²) in [4.78, 5) is 14.8. The maximum Gasteiger partial charge on any atom is 0.242 e. The number of amides is 1. The molecule has 0 bridgehead atoms. The van der Waals surface area contributed by atoms with Crippen LogP contribution in [0.25, 0.3) is 0 Å². The molecule has 0 unspecified atom stereocenters.